The lowest BCUT2D eigenvalue weighted by Crippen LogP contribution is -1.93. The van der Waals surface area contributed by atoms with Crippen molar-refractivity contribution >= 4 is 28.8 Å². The summed E-state index contributed by atoms with van der Waals surface area (Å²) in [4.78, 5) is 0. The molecule has 0 aliphatic heterocycles. The fourth-order valence-corrected chi connectivity index (χ4v) is 2.98. The highest BCUT2D eigenvalue weighted by atomic mass is 35.5. The predicted octanol–water partition coefficient (Wildman–Crippen LogP) is 6.18. The van der Waals surface area contributed by atoms with E-state index in [4.69, 9.17) is 23.2 Å². The Morgan fingerprint density at radius 2 is 1.42 bits per heavy atom. The Balaban J connectivity index is 2.47. The average Bonchev–Trinajstić information content (AvgIpc) is 2.26. The molecular formula is C17H16Cl2. The smallest absolute Gasteiger partial charge is 0.0461 e. The number of hydrogen-bond acceptors (Lipinski definition) is 0. The van der Waals surface area contributed by atoms with Gasteiger partial charge in [-0.15, -0.1) is 0 Å². The topological polar surface area (TPSA) is 0 Å². The van der Waals surface area contributed by atoms with Gasteiger partial charge in [-0.25, -0.2) is 0 Å². The van der Waals surface area contributed by atoms with Gasteiger partial charge in [-0.05, 0) is 34.8 Å². The normalized spacial score (nSPS) is 22.3. The number of allylic oxidation sites excluding steroid dienone is 8. The lowest BCUT2D eigenvalue weighted by Gasteiger charge is -2.13. The van der Waals surface area contributed by atoms with Gasteiger partial charge in [0.25, 0.3) is 0 Å². The minimum Gasteiger partial charge on any atom is -0.0840 e. The molecule has 19 heavy (non-hydrogen) atoms. The molecule has 0 amide bonds. The van der Waals surface area contributed by atoms with E-state index in [1.807, 2.05) is 42.5 Å². The highest BCUT2D eigenvalue weighted by molar-refractivity contribution is 6.36. The van der Waals surface area contributed by atoms with Gasteiger partial charge in [0.1, 0.15) is 0 Å². The Morgan fingerprint density at radius 3 is 2.05 bits per heavy atom. The summed E-state index contributed by atoms with van der Waals surface area (Å²) in [6, 6.07) is 3.97. The molecule has 1 aromatic carbocycles. The van der Waals surface area contributed by atoms with Crippen molar-refractivity contribution in [3.8, 4) is 0 Å². The van der Waals surface area contributed by atoms with E-state index in [1.54, 1.807) is 0 Å². The molecule has 0 saturated carbocycles. The second-order valence-corrected chi connectivity index (χ2v) is 5.57. The molecule has 1 aliphatic rings. The van der Waals surface area contributed by atoms with Crippen LogP contribution in [0.2, 0.25) is 10.0 Å². The summed E-state index contributed by atoms with van der Waals surface area (Å²) in [5.74, 6) is 0.318. The van der Waals surface area contributed by atoms with Crippen LogP contribution in [0.1, 0.15) is 30.9 Å². The Labute approximate surface area is 124 Å². The fourth-order valence-electron chi connectivity index (χ4n) is 2.06. The Hall–Kier alpha value is -1.24. The molecule has 0 radical (unpaired) electrons. The number of rotatable bonds is 2. The van der Waals surface area contributed by atoms with E-state index in [0.29, 0.717) is 5.92 Å². The lowest BCUT2D eigenvalue weighted by atomic mass is 9.97. The molecule has 98 valence electrons. The summed E-state index contributed by atoms with van der Waals surface area (Å²) in [7, 11) is 0. The maximum Gasteiger partial charge on any atom is 0.0461 e. The minimum absolute atomic E-state index is 0.318. The number of halogens is 2. The van der Waals surface area contributed by atoms with Crippen LogP contribution in [0.3, 0.4) is 0 Å². The van der Waals surface area contributed by atoms with Gasteiger partial charge in [0, 0.05) is 10.0 Å². The van der Waals surface area contributed by atoms with E-state index in [-0.39, 0.29) is 0 Å². The summed E-state index contributed by atoms with van der Waals surface area (Å²) >= 11 is 12.7. The van der Waals surface area contributed by atoms with E-state index in [0.717, 1.165) is 26.7 Å². The fraction of sp³-hybridized carbons (Fsp3) is 0.176. The molecule has 0 nitrogen and oxygen atoms in total. The molecule has 0 unspecified atom stereocenters. The number of hydrogen-bond donors (Lipinski definition) is 0. The highest BCUT2D eigenvalue weighted by Crippen LogP contribution is 2.34. The monoisotopic (exact) mass is 290 g/mol. The van der Waals surface area contributed by atoms with E-state index < -0.39 is 0 Å². The van der Waals surface area contributed by atoms with Crippen LogP contribution in [-0.2, 0) is 0 Å². The van der Waals surface area contributed by atoms with Gasteiger partial charge in [0.05, 0.1) is 0 Å². The van der Waals surface area contributed by atoms with Gasteiger partial charge < -0.3 is 0 Å². The van der Waals surface area contributed by atoms with Crippen LogP contribution in [-0.4, -0.2) is 0 Å². The third kappa shape index (κ3) is 3.40. The molecule has 0 saturated heterocycles. The van der Waals surface area contributed by atoms with Crippen LogP contribution in [0.4, 0.5) is 0 Å². The second-order valence-electron chi connectivity index (χ2n) is 4.76. The highest BCUT2D eigenvalue weighted by Gasteiger charge is 2.12. The van der Waals surface area contributed by atoms with Gasteiger partial charge in [-0.2, -0.15) is 0 Å². The maximum absolute atomic E-state index is 6.35. The van der Waals surface area contributed by atoms with Crippen molar-refractivity contribution in [2.75, 3.05) is 0 Å². The third-order valence-corrected chi connectivity index (χ3v) is 3.61. The molecule has 2 heteroatoms. The first-order chi connectivity index (χ1) is 9.09. The van der Waals surface area contributed by atoms with E-state index >= 15 is 0 Å². The van der Waals surface area contributed by atoms with Crippen molar-refractivity contribution in [1.82, 2.24) is 0 Å². The van der Waals surface area contributed by atoms with Crippen molar-refractivity contribution in [2.45, 2.75) is 19.8 Å². The molecular weight excluding hydrogens is 275 g/mol. The first-order valence-corrected chi connectivity index (χ1v) is 7.06. The summed E-state index contributed by atoms with van der Waals surface area (Å²) < 4.78 is 0. The zero-order valence-corrected chi connectivity index (χ0v) is 12.5. The second kappa shape index (κ2) is 6.27. The molecule has 0 aromatic heterocycles. The first-order valence-electron chi connectivity index (χ1n) is 6.30. The van der Waals surface area contributed by atoms with Crippen LogP contribution in [0, 0.1) is 0 Å². The largest absolute Gasteiger partial charge is 0.0840 e. The van der Waals surface area contributed by atoms with E-state index in [2.05, 4.69) is 26.0 Å². The van der Waals surface area contributed by atoms with Crippen LogP contribution >= 0.6 is 23.2 Å². The maximum atomic E-state index is 6.35. The molecule has 1 aliphatic carbocycles. The zero-order valence-electron chi connectivity index (χ0n) is 11.0. The predicted molar refractivity (Wildman–Crippen MR) is 85.9 cm³/mol. The summed E-state index contributed by atoms with van der Waals surface area (Å²) in [5.41, 5.74) is 3.15. The molecule has 0 heterocycles. The van der Waals surface area contributed by atoms with Crippen LogP contribution in [0.5, 0.6) is 0 Å². The Kier molecular flexibility index (Phi) is 4.68. The minimum atomic E-state index is 0.318. The first kappa shape index (κ1) is 14.2. The van der Waals surface area contributed by atoms with Crippen LogP contribution in [0.15, 0.2) is 54.7 Å². The Morgan fingerprint density at radius 1 is 0.842 bits per heavy atom. The molecule has 0 atom stereocenters. The standard InChI is InChI=1S/C17H16Cl2/c1-12(2)17-15(18)10-14(11-16(17)19)13-8-6-4-3-5-7-9-13/h3-12H,1-2H3/b4-3-,5-3?,6-4?,7-5-,8-6-,9-7?,13-8?,13-9+. The molecule has 2 rings (SSSR count). The SMILES string of the molecule is CC(C)c1c(Cl)cc(C2=C/C=C\C=C/C=C\2)cc1Cl. The van der Waals surface area contributed by atoms with Crippen LogP contribution in [0.25, 0.3) is 5.57 Å². The van der Waals surface area contributed by atoms with E-state index in [9.17, 15) is 0 Å². The Bertz CT molecular complexity index is 564. The molecule has 0 fully saturated rings. The summed E-state index contributed by atoms with van der Waals surface area (Å²) in [6.07, 6.45) is 14.1. The lowest BCUT2D eigenvalue weighted by molar-refractivity contribution is 0.867. The van der Waals surface area contributed by atoms with Gasteiger partial charge in [-0.3, -0.25) is 0 Å². The zero-order chi connectivity index (χ0) is 13.8. The summed E-state index contributed by atoms with van der Waals surface area (Å²) in [6.45, 7) is 4.19. The molecule has 1 aromatic rings. The van der Waals surface area contributed by atoms with Crippen molar-refractivity contribution in [3.05, 3.63) is 75.8 Å². The summed E-state index contributed by atoms with van der Waals surface area (Å²) in [5, 5.41) is 1.46. The van der Waals surface area contributed by atoms with Crippen LogP contribution < -0.4 is 0 Å². The van der Waals surface area contributed by atoms with Gasteiger partial charge in [0.2, 0.25) is 0 Å². The molecule has 0 spiro atoms. The van der Waals surface area contributed by atoms with Crippen molar-refractivity contribution in [2.24, 2.45) is 0 Å². The number of benzene rings is 1. The van der Waals surface area contributed by atoms with Crippen molar-refractivity contribution < 1.29 is 0 Å². The van der Waals surface area contributed by atoms with Gasteiger partial charge in [0.15, 0.2) is 0 Å². The molecule has 0 bridgehead atoms. The van der Waals surface area contributed by atoms with E-state index in [1.165, 1.54) is 0 Å². The van der Waals surface area contributed by atoms with Gasteiger partial charge >= 0.3 is 0 Å². The van der Waals surface area contributed by atoms with Crippen molar-refractivity contribution in [1.29, 1.82) is 0 Å². The molecule has 0 N–H and O–H groups in total. The third-order valence-electron chi connectivity index (χ3n) is 2.99. The van der Waals surface area contributed by atoms with Gasteiger partial charge in [-0.1, -0.05) is 79.6 Å². The quantitative estimate of drug-likeness (QED) is 0.610. The van der Waals surface area contributed by atoms with Crippen molar-refractivity contribution in [3.63, 3.8) is 0 Å². The average molecular weight is 291 g/mol.